The highest BCUT2D eigenvalue weighted by Gasteiger charge is 2.56. The van der Waals surface area contributed by atoms with Crippen molar-refractivity contribution in [1.29, 1.82) is 0 Å². The largest absolute Gasteiger partial charge is 0.286 e. The lowest BCUT2D eigenvalue weighted by atomic mass is 9.54. The molecular formula is C12H26N2O. The Hall–Kier alpha value is -0.120. The van der Waals surface area contributed by atoms with Crippen LogP contribution in [0.2, 0.25) is 0 Å². The van der Waals surface area contributed by atoms with Crippen LogP contribution in [-0.2, 0) is 4.84 Å². The minimum atomic E-state index is 0.0167. The van der Waals surface area contributed by atoms with Crippen LogP contribution in [-0.4, -0.2) is 23.7 Å². The molecule has 15 heavy (non-hydrogen) atoms. The highest BCUT2D eigenvalue weighted by atomic mass is 16.6. The number of piperidine rings is 1. The third-order valence-electron chi connectivity index (χ3n) is 5.38. The van der Waals surface area contributed by atoms with Crippen LogP contribution in [0.1, 0.15) is 48.0 Å². The van der Waals surface area contributed by atoms with Crippen molar-refractivity contribution in [3.05, 3.63) is 0 Å². The van der Waals surface area contributed by atoms with Crippen LogP contribution in [0.4, 0.5) is 0 Å². The normalized spacial score (nSPS) is 34.0. The standard InChI is InChI=1S/C12H26N2O/c1-10(2)8-9(15-13)14(7)12(5,6)11(10,3)4/h9H,8,13H2,1-7H3. The van der Waals surface area contributed by atoms with E-state index in [2.05, 4.69) is 53.5 Å². The summed E-state index contributed by atoms with van der Waals surface area (Å²) >= 11 is 0. The molecule has 0 amide bonds. The Kier molecular flexibility index (Phi) is 2.97. The summed E-state index contributed by atoms with van der Waals surface area (Å²) in [5.41, 5.74) is 0.496. The summed E-state index contributed by atoms with van der Waals surface area (Å²) in [4.78, 5) is 7.34. The van der Waals surface area contributed by atoms with Crippen LogP contribution in [0.15, 0.2) is 0 Å². The highest BCUT2D eigenvalue weighted by molar-refractivity contribution is 5.06. The molecule has 0 aromatic rings. The van der Waals surface area contributed by atoms with E-state index in [0.717, 1.165) is 6.42 Å². The fourth-order valence-corrected chi connectivity index (χ4v) is 2.60. The van der Waals surface area contributed by atoms with Gasteiger partial charge >= 0.3 is 0 Å². The first kappa shape index (κ1) is 12.9. The molecule has 1 atom stereocenters. The Bertz CT molecular complexity index is 246. The lowest BCUT2D eigenvalue weighted by Crippen LogP contribution is -2.66. The van der Waals surface area contributed by atoms with Gasteiger partial charge in [0.2, 0.25) is 0 Å². The number of likely N-dealkylation sites (tertiary alicyclic amines) is 1. The zero-order chi connectivity index (χ0) is 12.1. The number of hydrogen-bond donors (Lipinski definition) is 1. The van der Waals surface area contributed by atoms with Gasteiger partial charge in [-0.1, -0.05) is 27.7 Å². The maximum atomic E-state index is 5.38. The Labute approximate surface area is 93.9 Å². The van der Waals surface area contributed by atoms with Gasteiger partial charge in [0.1, 0.15) is 6.23 Å². The second-order valence-corrected chi connectivity index (χ2v) is 6.47. The van der Waals surface area contributed by atoms with Crippen molar-refractivity contribution in [3.8, 4) is 0 Å². The molecule has 0 saturated carbocycles. The highest BCUT2D eigenvalue weighted by Crippen LogP contribution is 2.55. The van der Waals surface area contributed by atoms with Crippen LogP contribution >= 0.6 is 0 Å². The van der Waals surface area contributed by atoms with Crippen molar-refractivity contribution in [3.63, 3.8) is 0 Å². The number of nitrogens with two attached hydrogens (primary N) is 1. The molecule has 3 nitrogen and oxygen atoms in total. The van der Waals surface area contributed by atoms with Gasteiger partial charge in [-0.3, -0.25) is 9.74 Å². The van der Waals surface area contributed by atoms with E-state index in [1.807, 2.05) is 0 Å². The van der Waals surface area contributed by atoms with Crippen LogP contribution < -0.4 is 5.90 Å². The average Bonchev–Trinajstić information content (AvgIpc) is 2.10. The smallest absolute Gasteiger partial charge is 0.132 e. The molecule has 1 fully saturated rings. The van der Waals surface area contributed by atoms with E-state index in [1.54, 1.807) is 0 Å². The first-order valence-electron chi connectivity index (χ1n) is 5.66. The monoisotopic (exact) mass is 214 g/mol. The quantitative estimate of drug-likeness (QED) is 0.681. The van der Waals surface area contributed by atoms with Gasteiger partial charge in [0, 0.05) is 5.54 Å². The average molecular weight is 214 g/mol. The van der Waals surface area contributed by atoms with Gasteiger partial charge in [0.05, 0.1) is 0 Å². The molecule has 90 valence electrons. The van der Waals surface area contributed by atoms with Crippen molar-refractivity contribution in [2.45, 2.75) is 59.7 Å². The first-order valence-corrected chi connectivity index (χ1v) is 5.66. The van der Waals surface area contributed by atoms with E-state index in [9.17, 15) is 0 Å². The summed E-state index contributed by atoms with van der Waals surface area (Å²) in [7, 11) is 2.09. The molecule has 1 heterocycles. The first-order chi connectivity index (χ1) is 6.58. The third kappa shape index (κ3) is 1.61. The van der Waals surface area contributed by atoms with E-state index >= 15 is 0 Å². The van der Waals surface area contributed by atoms with Crippen molar-refractivity contribution in [2.24, 2.45) is 16.7 Å². The second-order valence-electron chi connectivity index (χ2n) is 6.47. The number of rotatable bonds is 1. The van der Waals surface area contributed by atoms with Gasteiger partial charge < -0.3 is 0 Å². The summed E-state index contributed by atoms with van der Waals surface area (Å²) in [5.74, 6) is 5.38. The summed E-state index contributed by atoms with van der Waals surface area (Å²) in [6, 6.07) is 0. The van der Waals surface area contributed by atoms with Crippen molar-refractivity contribution >= 4 is 0 Å². The van der Waals surface area contributed by atoms with Gasteiger partial charge in [-0.15, -0.1) is 0 Å². The lowest BCUT2D eigenvalue weighted by Gasteiger charge is -2.62. The molecular weight excluding hydrogens is 188 g/mol. The molecule has 1 saturated heterocycles. The number of hydrogen-bond acceptors (Lipinski definition) is 3. The molecule has 0 bridgehead atoms. The molecule has 1 rings (SSSR count). The molecule has 0 aromatic carbocycles. The Morgan fingerprint density at radius 1 is 1.13 bits per heavy atom. The lowest BCUT2D eigenvalue weighted by molar-refractivity contribution is -0.208. The molecule has 1 aliphatic rings. The van der Waals surface area contributed by atoms with E-state index in [1.165, 1.54) is 0 Å². The van der Waals surface area contributed by atoms with Gasteiger partial charge in [-0.05, 0) is 38.1 Å². The molecule has 1 aliphatic heterocycles. The third-order valence-corrected chi connectivity index (χ3v) is 5.38. The maximum absolute atomic E-state index is 5.38. The van der Waals surface area contributed by atoms with Crippen LogP contribution in [0.3, 0.4) is 0 Å². The van der Waals surface area contributed by atoms with Crippen molar-refractivity contribution < 1.29 is 4.84 Å². The fourth-order valence-electron chi connectivity index (χ4n) is 2.60. The molecule has 0 radical (unpaired) electrons. The van der Waals surface area contributed by atoms with E-state index in [4.69, 9.17) is 10.7 Å². The van der Waals surface area contributed by atoms with E-state index < -0.39 is 0 Å². The minimum Gasteiger partial charge on any atom is -0.286 e. The van der Waals surface area contributed by atoms with Crippen LogP contribution in [0.5, 0.6) is 0 Å². The molecule has 3 heteroatoms. The molecule has 0 aliphatic carbocycles. The zero-order valence-electron chi connectivity index (χ0n) is 11.2. The summed E-state index contributed by atoms with van der Waals surface area (Å²) in [6.45, 7) is 13.8. The van der Waals surface area contributed by atoms with Crippen molar-refractivity contribution in [2.75, 3.05) is 7.05 Å². The van der Waals surface area contributed by atoms with E-state index in [0.29, 0.717) is 0 Å². The molecule has 0 aromatic heterocycles. The molecule has 2 N–H and O–H groups in total. The summed E-state index contributed by atoms with van der Waals surface area (Å²) < 4.78 is 0. The fraction of sp³-hybridized carbons (Fsp3) is 1.00. The summed E-state index contributed by atoms with van der Waals surface area (Å²) in [5, 5.41) is 0. The van der Waals surface area contributed by atoms with Crippen LogP contribution in [0.25, 0.3) is 0 Å². The topological polar surface area (TPSA) is 38.5 Å². The van der Waals surface area contributed by atoms with Gasteiger partial charge in [-0.2, -0.15) is 0 Å². The Balaban J connectivity index is 3.14. The van der Waals surface area contributed by atoms with Gasteiger partial charge in [0.15, 0.2) is 0 Å². The predicted molar refractivity (Wildman–Crippen MR) is 63.1 cm³/mol. The Morgan fingerprint density at radius 3 is 2.00 bits per heavy atom. The predicted octanol–water partition coefficient (Wildman–Crippen LogP) is 2.37. The van der Waals surface area contributed by atoms with Crippen molar-refractivity contribution in [1.82, 2.24) is 4.90 Å². The molecule has 0 spiro atoms. The zero-order valence-corrected chi connectivity index (χ0v) is 11.2. The maximum Gasteiger partial charge on any atom is 0.132 e. The second kappa shape index (κ2) is 3.44. The van der Waals surface area contributed by atoms with E-state index in [-0.39, 0.29) is 22.6 Å². The minimum absolute atomic E-state index is 0.0167. The van der Waals surface area contributed by atoms with Gasteiger partial charge in [-0.25, -0.2) is 5.90 Å². The van der Waals surface area contributed by atoms with Gasteiger partial charge in [0.25, 0.3) is 0 Å². The van der Waals surface area contributed by atoms with Crippen LogP contribution in [0, 0.1) is 10.8 Å². The summed E-state index contributed by atoms with van der Waals surface area (Å²) in [6.07, 6.45) is 0.985. The Morgan fingerprint density at radius 2 is 1.60 bits per heavy atom. The SMILES string of the molecule is CN1C(ON)CC(C)(C)C(C)(C)C1(C)C. The molecule has 1 unspecified atom stereocenters. The number of nitrogens with zero attached hydrogens (tertiary/aromatic N) is 1.